The fourth-order valence-electron chi connectivity index (χ4n) is 3.29. The molecular formula is C20H26N6. The summed E-state index contributed by atoms with van der Waals surface area (Å²) in [5.41, 5.74) is 15.9. The molecule has 26 heavy (non-hydrogen) atoms. The van der Waals surface area contributed by atoms with Crippen molar-refractivity contribution in [3.63, 3.8) is 0 Å². The number of hydrogen-bond donors (Lipinski definition) is 4. The molecule has 6 heteroatoms. The highest BCUT2D eigenvalue weighted by Gasteiger charge is 2.20. The molecule has 0 amide bonds. The average molecular weight is 350 g/mol. The number of nitrogens with two attached hydrogens (primary N) is 2. The van der Waals surface area contributed by atoms with Gasteiger partial charge in [0.05, 0.1) is 11.3 Å². The lowest BCUT2D eigenvalue weighted by molar-refractivity contribution is 0.205. The molecule has 0 saturated carbocycles. The van der Waals surface area contributed by atoms with Crippen LogP contribution in [0.25, 0.3) is 0 Å². The van der Waals surface area contributed by atoms with Crippen LogP contribution in [0, 0.1) is 12.3 Å². The summed E-state index contributed by atoms with van der Waals surface area (Å²) in [4.78, 5) is 10.2. The van der Waals surface area contributed by atoms with E-state index in [2.05, 4.69) is 26.1 Å². The Kier molecular flexibility index (Phi) is 5.61. The maximum absolute atomic E-state index is 6.37. The van der Waals surface area contributed by atoms with Crippen molar-refractivity contribution >= 4 is 17.3 Å². The van der Waals surface area contributed by atoms with Crippen molar-refractivity contribution in [1.82, 2.24) is 9.88 Å². The summed E-state index contributed by atoms with van der Waals surface area (Å²) < 4.78 is 0. The molecule has 0 unspecified atom stereocenters. The van der Waals surface area contributed by atoms with E-state index in [1.54, 1.807) is 0 Å². The number of amidine groups is 1. The van der Waals surface area contributed by atoms with Gasteiger partial charge in [-0.05, 0) is 49.7 Å². The van der Waals surface area contributed by atoms with E-state index >= 15 is 0 Å². The molecule has 1 saturated heterocycles. The SMILES string of the molecule is C#Cc1cccc(N=C(N)c2c(CN3CCC(N)CC3)c[nH]c2NC)c1. The molecule has 1 fully saturated rings. The first-order valence-corrected chi connectivity index (χ1v) is 8.88. The Hall–Kier alpha value is -2.75. The van der Waals surface area contributed by atoms with Crippen LogP contribution in [0.1, 0.15) is 29.5 Å². The number of nitrogens with one attached hydrogen (secondary N) is 2. The Labute approximate surface area is 154 Å². The van der Waals surface area contributed by atoms with E-state index in [-0.39, 0.29) is 0 Å². The molecule has 1 aromatic carbocycles. The highest BCUT2D eigenvalue weighted by molar-refractivity contribution is 6.04. The Morgan fingerprint density at radius 1 is 1.42 bits per heavy atom. The van der Waals surface area contributed by atoms with Crippen molar-refractivity contribution in [2.75, 3.05) is 25.5 Å². The van der Waals surface area contributed by atoms with Crippen LogP contribution in [0.3, 0.4) is 0 Å². The molecular weight excluding hydrogens is 324 g/mol. The lowest BCUT2D eigenvalue weighted by atomic mass is 10.0. The van der Waals surface area contributed by atoms with Crippen LogP contribution in [0.5, 0.6) is 0 Å². The van der Waals surface area contributed by atoms with Crippen molar-refractivity contribution in [3.05, 3.63) is 47.2 Å². The molecule has 0 bridgehead atoms. The molecule has 136 valence electrons. The third-order valence-electron chi connectivity index (χ3n) is 4.76. The summed E-state index contributed by atoms with van der Waals surface area (Å²) in [6.45, 7) is 2.82. The average Bonchev–Trinajstić information content (AvgIpc) is 3.06. The highest BCUT2D eigenvalue weighted by Crippen LogP contribution is 2.24. The van der Waals surface area contributed by atoms with Gasteiger partial charge in [0.2, 0.25) is 0 Å². The second kappa shape index (κ2) is 8.09. The van der Waals surface area contributed by atoms with Gasteiger partial charge in [-0.15, -0.1) is 6.42 Å². The van der Waals surface area contributed by atoms with Crippen LogP contribution in [0.15, 0.2) is 35.5 Å². The number of piperidine rings is 1. The predicted molar refractivity (Wildman–Crippen MR) is 108 cm³/mol. The molecule has 1 aromatic heterocycles. The molecule has 0 radical (unpaired) electrons. The molecule has 6 N–H and O–H groups in total. The van der Waals surface area contributed by atoms with E-state index in [9.17, 15) is 0 Å². The van der Waals surface area contributed by atoms with E-state index in [1.807, 2.05) is 37.5 Å². The number of aliphatic imine (C=N–C) groups is 1. The van der Waals surface area contributed by atoms with Crippen LogP contribution in [0.4, 0.5) is 11.5 Å². The van der Waals surface area contributed by atoms with E-state index in [1.165, 1.54) is 0 Å². The molecule has 1 aliphatic rings. The van der Waals surface area contributed by atoms with Gasteiger partial charge in [0.25, 0.3) is 0 Å². The number of rotatable bonds is 5. The van der Waals surface area contributed by atoms with Gasteiger partial charge in [-0.2, -0.15) is 0 Å². The number of hydrogen-bond acceptors (Lipinski definition) is 4. The number of benzene rings is 1. The second-order valence-electron chi connectivity index (χ2n) is 6.62. The normalized spacial score (nSPS) is 16.4. The minimum absolute atomic E-state index is 0.319. The van der Waals surface area contributed by atoms with Crippen LogP contribution in [-0.2, 0) is 6.54 Å². The van der Waals surface area contributed by atoms with E-state index in [0.29, 0.717) is 11.9 Å². The number of likely N-dealkylation sites (tertiary alicyclic amines) is 1. The zero-order chi connectivity index (χ0) is 18.5. The Morgan fingerprint density at radius 3 is 2.88 bits per heavy atom. The first kappa shape index (κ1) is 18.1. The number of aromatic amines is 1. The molecule has 0 atom stereocenters. The smallest absolute Gasteiger partial charge is 0.135 e. The summed E-state index contributed by atoms with van der Waals surface area (Å²) >= 11 is 0. The van der Waals surface area contributed by atoms with Gasteiger partial charge in [-0.3, -0.25) is 4.90 Å². The van der Waals surface area contributed by atoms with Crippen LogP contribution in [-0.4, -0.2) is 41.9 Å². The van der Waals surface area contributed by atoms with Crippen molar-refractivity contribution in [2.45, 2.75) is 25.4 Å². The van der Waals surface area contributed by atoms with Gasteiger partial charge in [0.1, 0.15) is 11.7 Å². The predicted octanol–water partition coefficient (Wildman–Crippen LogP) is 2.00. The van der Waals surface area contributed by atoms with Crippen molar-refractivity contribution in [3.8, 4) is 12.3 Å². The molecule has 1 aliphatic heterocycles. The van der Waals surface area contributed by atoms with Crippen molar-refractivity contribution in [1.29, 1.82) is 0 Å². The molecule has 0 aliphatic carbocycles. The first-order chi connectivity index (χ1) is 12.6. The Balaban J connectivity index is 1.86. The van der Waals surface area contributed by atoms with Gasteiger partial charge >= 0.3 is 0 Å². The van der Waals surface area contributed by atoms with Gasteiger partial charge in [0, 0.05) is 31.4 Å². The summed E-state index contributed by atoms with van der Waals surface area (Å²) in [6.07, 6.45) is 9.52. The quantitative estimate of drug-likeness (QED) is 0.377. The summed E-state index contributed by atoms with van der Waals surface area (Å²) in [6, 6.07) is 7.82. The fraction of sp³-hybridized carbons (Fsp3) is 0.350. The van der Waals surface area contributed by atoms with Gasteiger partial charge < -0.3 is 21.8 Å². The second-order valence-corrected chi connectivity index (χ2v) is 6.62. The van der Waals surface area contributed by atoms with Gasteiger partial charge in [-0.1, -0.05) is 12.0 Å². The third-order valence-corrected chi connectivity index (χ3v) is 4.76. The van der Waals surface area contributed by atoms with Crippen LogP contribution in [0.2, 0.25) is 0 Å². The maximum atomic E-state index is 6.37. The van der Waals surface area contributed by atoms with E-state index in [4.69, 9.17) is 17.9 Å². The largest absolute Gasteiger partial charge is 0.383 e. The highest BCUT2D eigenvalue weighted by atomic mass is 15.1. The molecule has 2 aromatic rings. The number of aromatic nitrogens is 1. The van der Waals surface area contributed by atoms with Crippen molar-refractivity contribution < 1.29 is 0 Å². The minimum atomic E-state index is 0.319. The number of anilines is 1. The van der Waals surface area contributed by atoms with Gasteiger partial charge in [-0.25, -0.2) is 4.99 Å². The zero-order valence-electron chi connectivity index (χ0n) is 15.1. The number of H-pyrrole nitrogens is 1. The number of terminal acetylenes is 1. The topological polar surface area (TPSA) is 95.5 Å². The summed E-state index contributed by atoms with van der Waals surface area (Å²) in [5, 5.41) is 3.16. The Morgan fingerprint density at radius 2 is 2.19 bits per heavy atom. The first-order valence-electron chi connectivity index (χ1n) is 8.88. The molecule has 0 spiro atoms. The zero-order valence-corrected chi connectivity index (χ0v) is 15.1. The molecule has 3 rings (SSSR count). The monoisotopic (exact) mass is 350 g/mol. The van der Waals surface area contributed by atoms with Crippen molar-refractivity contribution in [2.24, 2.45) is 16.5 Å². The summed E-state index contributed by atoms with van der Waals surface area (Å²) in [5.74, 6) is 3.95. The molecule has 6 nitrogen and oxygen atoms in total. The Bertz CT molecular complexity index is 821. The van der Waals surface area contributed by atoms with E-state index in [0.717, 1.165) is 60.7 Å². The maximum Gasteiger partial charge on any atom is 0.135 e. The summed E-state index contributed by atoms with van der Waals surface area (Å²) in [7, 11) is 1.87. The van der Waals surface area contributed by atoms with Gasteiger partial charge in [0.15, 0.2) is 0 Å². The minimum Gasteiger partial charge on any atom is -0.383 e. The third kappa shape index (κ3) is 4.07. The number of nitrogens with zero attached hydrogens (tertiary/aromatic N) is 2. The van der Waals surface area contributed by atoms with Crippen LogP contribution < -0.4 is 16.8 Å². The van der Waals surface area contributed by atoms with E-state index < -0.39 is 0 Å². The lowest BCUT2D eigenvalue weighted by Crippen LogP contribution is -2.39. The van der Waals surface area contributed by atoms with Crippen LogP contribution >= 0.6 is 0 Å². The standard InChI is InChI=1S/C20H26N6/c1-3-14-5-4-6-17(11-14)25-19(22)18-15(12-24-20(18)23-2)13-26-9-7-16(21)8-10-26/h1,4-6,11-12,16,23-24H,7-10,13,21H2,2H3,(H2,22,25). The fourth-order valence-corrected chi connectivity index (χ4v) is 3.29. The molecule has 2 heterocycles. The lowest BCUT2D eigenvalue weighted by Gasteiger charge is -2.30.